The molecular weight excluding hydrogens is 323 g/mol. The Hall–Kier alpha value is -3.07. The number of amides is 1. The summed E-state index contributed by atoms with van der Waals surface area (Å²) in [5.74, 6) is 0.161. The molecule has 0 aliphatic heterocycles. The highest BCUT2D eigenvalue weighted by atomic mass is 19.1. The van der Waals surface area contributed by atoms with Crippen LogP contribution in [0.2, 0.25) is 0 Å². The minimum atomic E-state index is -0.764. The summed E-state index contributed by atoms with van der Waals surface area (Å²) in [5, 5.41) is 8.92. The number of nitriles is 1. The number of carbonyl (C=O) groups is 1. The summed E-state index contributed by atoms with van der Waals surface area (Å²) in [4.78, 5) is 13.9. The van der Waals surface area contributed by atoms with Crippen LogP contribution in [0.15, 0.2) is 42.5 Å². The Balaban J connectivity index is 2.06. The average molecular weight is 342 g/mol. The molecule has 25 heavy (non-hydrogen) atoms. The SMILES string of the molecule is COc1cc(C#N)ccc1O[C@H](C)C(=O)N(C)Cc1cccc(F)c1. The topological polar surface area (TPSA) is 62.6 Å². The van der Waals surface area contributed by atoms with Gasteiger partial charge in [0, 0.05) is 19.7 Å². The standard InChI is InChI=1S/C19H19FN2O3/c1-13(25-17-8-7-14(11-21)10-18(17)24-3)19(23)22(2)12-15-5-4-6-16(20)9-15/h4-10,13H,12H2,1-3H3/t13-/m1/s1. The lowest BCUT2D eigenvalue weighted by Crippen LogP contribution is -2.37. The van der Waals surface area contributed by atoms with Gasteiger partial charge in [0.15, 0.2) is 17.6 Å². The molecule has 0 bridgehead atoms. The highest BCUT2D eigenvalue weighted by Gasteiger charge is 2.21. The van der Waals surface area contributed by atoms with E-state index in [0.717, 1.165) is 0 Å². The summed E-state index contributed by atoms with van der Waals surface area (Å²) in [6, 6.07) is 12.8. The van der Waals surface area contributed by atoms with Crippen LogP contribution in [0.3, 0.4) is 0 Å². The van der Waals surface area contributed by atoms with Crippen molar-refractivity contribution in [2.24, 2.45) is 0 Å². The second kappa shape index (κ2) is 8.15. The van der Waals surface area contributed by atoms with Gasteiger partial charge in [0.25, 0.3) is 5.91 Å². The summed E-state index contributed by atoms with van der Waals surface area (Å²) in [6.07, 6.45) is -0.764. The van der Waals surface area contributed by atoms with Gasteiger partial charge in [0.1, 0.15) is 5.82 Å². The first kappa shape index (κ1) is 18.3. The van der Waals surface area contributed by atoms with Crippen molar-refractivity contribution in [2.75, 3.05) is 14.2 Å². The number of ether oxygens (including phenoxy) is 2. The minimum Gasteiger partial charge on any atom is -0.493 e. The van der Waals surface area contributed by atoms with E-state index in [4.69, 9.17) is 14.7 Å². The molecule has 0 heterocycles. The Bertz CT molecular complexity index is 801. The summed E-state index contributed by atoms with van der Waals surface area (Å²) in [5.41, 5.74) is 1.13. The number of benzene rings is 2. The number of methoxy groups -OCH3 is 1. The third-order valence-corrected chi connectivity index (χ3v) is 3.63. The smallest absolute Gasteiger partial charge is 0.263 e. The van der Waals surface area contributed by atoms with Gasteiger partial charge < -0.3 is 14.4 Å². The predicted octanol–water partition coefficient (Wildman–Crippen LogP) is 3.13. The van der Waals surface area contributed by atoms with E-state index in [1.54, 1.807) is 44.3 Å². The fourth-order valence-corrected chi connectivity index (χ4v) is 2.37. The van der Waals surface area contributed by atoms with Gasteiger partial charge >= 0.3 is 0 Å². The average Bonchev–Trinajstić information content (AvgIpc) is 2.61. The molecule has 1 amide bonds. The molecule has 2 aromatic carbocycles. The summed E-state index contributed by atoms with van der Waals surface area (Å²) < 4.78 is 24.1. The van der Waals surface area contributed by atoms with Crippen molar-refractivity contribution in [3.63, 3.8) is 0 Å². The lowest BCUT2D eigenvalue weighted by atomic mass is 10.2. The van der Waals surface area contributed by atoms with E-state index in [2.05, 4.69) is 0 Å². The zero-order chi connectivity index (χ0) is 18.4. The number of carbonyl (C=O) groups excluding carboxylic acids is 1. The van der Waals surface area contributed by atoms with Crippen LogP contribution in [0.25, 0.3) is 0 Å². The third-order valence-electron chi connectivity index (χ3n) is 3.63. The van der Waals surface area contributed by atoms with Gasteiger partial charge in [-0.3, -0.25) is 4.79 Å². The molecule has 2 rings (SSSR count). The van der Waals surface area contributed by atoms with E-state index in [1.807, 2.05) is 6.07 Å². The van der Waals surface area contributed by atoms with Crippen LogP contribution in [0.4, 0.5) is 4.39 Å². The normalized spacial score (nSPS) is 11.3. The molecule has 0 saturated heterocycles. The Morgan fingerprint density at radius 1 is 1.28 bits per heavy atom. The Morgan fingerprint density at radius 3 is 2.68 bits per heavy atom. The molecule has 0 saturated carbocycles. The van der Waals surface area contributed by atoms with Gasteiger partial charge in [-0.25, -0.2) is 4.39 Å². The number of hydrogen-bond donors (Lipinski definition) is 0. The lowest BCUT2D eigenvalue weighted by molar-refractivity contribution is -0.137. The van der Waals surface area contributed by atoms with E-state index in [0.29, 0.717) is 22.6 Å². The zero-order valence-corrected chi connectivity index (χ0v) is 14.3. The lowest BCUT2D eigenvalue weighted by Gasteiger charge is -2.23. The molecule has 0 radical (unpaired) electrons. The highest BCUT2D eigenvalue weighted by molar-refractivity contribution is 5.80. The number of hydrogen-bond acceptors (Lipinski definition) is 4. The molecule has 0 fully saturated rings. The van der Waals surface area contributed by atoms with E-state index in [-0.39, 0.29) is 18.3 Å². The molecule has 130 valence electrons. The second-order valence-corrected chi connectivity index (χ2v) is 5.56. The van der Waals surface area contributed by atoms with Crippen LogP contribution < -0.4 is 9.47 Å². The predicted molar refractivity (Wildman–Crippen MR) is 90.7 cm³/mol. The maximum Gasteiger partial charge on any atom is 0.263 e. The molecule has 0 aromatic heterocycles. The van der Waals surface area contributed by atoms with Gasteiger partial charge in [-0.05, 0) is 36.8 Å². The van der Waals surface area contributed by atoms with Crippen LogP contribution in [-0.2, 0) is 11.3 Å². The van der Waals surface area contributed by atoms with Crippen LogP contribution in [0.5, 0.6) is 11.5 Å². The molecule has 5 nitrogen and oxygen atoms in total. The maximum absolute atomic E-state index is 13.2. The Kier molecular flexibility index (Phi) is 5.96. The summed E-state index contributed by atoms with van der Waals surface area (Å²) in [6.45, 7) is 1.90. The van der Waals surface area contributed by atoms with Crippen LogP contribution >= 0.6 is 0 Å². The summed E-state index contributed by atoms with van der Waals surface area (Å²) >= 11 is 0. The molecular formula is C19H19FN2O3. The van der Waals surface area contributed by atoms with Crippen molar-refractivity contribution >= 4 is 5.91 Å². The second-order valence-electron chi connectivity index (χ2n) is 5.56. The molecule has 0 spiro atoms. The third kappa shape index (κ3) is 4.70. The van der Waals surface area contributed by atoms with Crippen molar-refractivity contribution in [3.8, 4) is 17.6 Å². The fourth-order valence-electron chi connectivity index (χ4n) is 2.37. The van der Waals surface area contributed by atoms with E-state index in [1.165, 1.54) is 24.1 Å². The van der Waals surface area contributed by atoms with Gasteiger partial charge in [0.05, 0.1) is 18.7 Å². The first-order valence-electron chi connectivity index (χ1n) is 7.68. The first-order valence-corrected chi connectivity index (χ1v) is 7.68. The fraction of sp³-hybridized carbons (Fsp3) is 0.263. The number of likely N-dealkylation sites (N-methyl/N-ethyl adjacent to an activating group) is 1. The van der Waals surface area contributed by atoms with Gasteiger partial charge in [-0.15, -0.1) is 0 Å². The van der Waals surface area contributed by atoms with Gasteiger partial charge in [-0.1, -0.05) is 12.1 Å². The van der Waals surface area contributed by atoms with Crippen molar-refractivity contribution in [1.29, 1.82) is 5.26 Å². The molecule has 0 aliphatic carbocycles. The Labute approximate surface area is 146 Å². The van der Waals surface area contributed by atoms with Crippen molar-refractivity contribution < 1.29 is 18.7 Å². The number of rotatable bonds is 6. The first-order chi connectivity index (χ1) is 11.9. The molecule has 2 aromatic rings. The van der Waals surface area contributed by atoms with Crippen LogP contribution in [-0.4, -0.2) is 31.1 Å². The van der Waals surface area contributed by atoms with Gasteiger partial charge in [-0.2, -0.15) is 5.26 Å². The van der Waals surface area contributed by atoms with E-state index < -0.39 is 6.10 Å². The quantitative estimate of drug-likeness (QED) is 0.809. The molecule has 0 aliphatic rings. The van der Waals surface area contributed by atoms with Crippen molar-refractivity contribution in [1.82, 2.24) is 4.90 Å². The van der Waals surface area contributed by atoms with Crippen molar-refractivity contribution in [2.45, 2.75) is 19.6 Å². The largest absolute Gasteiger partial charge is 0.493 e. The van der Waals surface area contributed by atoms with Crippen LogP contribution in [0, 0.1) is 17.1 Å². The minimum absolute atomic E-state index is 0.254. The van der Waals surface area contributed by atoms with E-state index >= 15 is 0 Å². The summed E-state index contributed by atoms with van der Waals surface area (Å²) in [7, 11) is 3.09. The molecule has 0 N–H and O–H groups in total. The van der Waals surface area contributed by atoms with Gasteiger partial charge in [0.2, 0.25) is 0 Å². The zero-order valence-electron chi connectivity index (χ0n) is 14.3. The van der Waals surface area contributed by atoms with E-state index in [9.17, 15) is 9.18 Å². The van der Waals surface area contributed by atoms with Crippen LogP contribution in [0.1, 0.15) is 18.1 Å². The Morgan fingerprint density at radius 2 is 2.04 bits per heavy atom. The number of nitrogens with zero attached hydrogens (tertiary/aromatic N) is 2. The molecule has 6 heteroatoms. The molecule has 0 unspecified atom stereocenters. The van der Waals surface area contributed by atoms with Crippen molar-refractivity contribution in [3.05, 3.63) is 59.4 Å². The maximum atomic E-state index is 13.2. The highest BCUT2D eigenvalue weighted by Crippen LogP contribution is 2.29. The number of halogens is 1. The molecule has 1 atom stereocenters. The monoisotopic (exact) mass is 342 g/mol.